The van der Waals surface area contributed by atoms with Crippen LogP contribution in [0.4, 0.5) is 0 Å². The van der Waals surface area contributed by atoms with E-state index in [2.05, 4.69) is 27.7 Å². The largest absolute Gasteiger partial charge is 0.299 e. The van der Waals surface area contributed by atoms with Crippen LogP contribution in [-0.2, 0) is 4.79 Å². The highest BCUT2D eigenvalue weighted by Crippen LogP contribution is 2.65. The summed E-state index contributed by atoms with van der Waals surface area (Å²) in [7, 11) is 0. The van der Waals surface area contributed by atoms with Gasteiger partial charge in [0.1, 0.15) is 5.78 Å². The molecule has 22 heavy (non-hydrogen) atoms. The van der Waals surface area contributed by atoms with Gasteiger partial charge in [-0.15, -0.1) is 0 Å². The molecule has 0 radical (unpaired) electrons. The van der Waals surface area contributed by atoms with Crippen LogP contribution in [0, 0.1) is 46.3 Å². The zero-order valence-electron chi connectivity index (χ0n) is 15.0. The fraction of sp³-hybridized carbons (Fsp3) is 0.952. The van der Waals surface area contributed by atoms with Crippen LogP contribution in [0.25, 0.3) is 0 Å². The Morgan fingerprint density at radius 1 is 0.955 bits per heavy atom. The molecule has 0 spiro atoms. The summed E-state index contributed by atoms with van der Waals surface area (Å²) >= 11 is 0. The van der Waals surface area contributed by atoms with Crippen molar-refractivity contribution in [2.75, 3.05) is 0 Å². The van der Waals surface area contributed by atoms with Gasteiger partial charge in [0.05, 0.1) is 0 Å². The molecule has 4 aliphatic rings. The molecular formula is C21H34O. The molecule has 0 N–H and O–H groups in total. The fourth-order valence-corrected chi connectivity index (χ4v) is 7.88. The van der Waals surface area contributed by atoms with Crippen LogP contribution in [0.5, 0.6) is 0 Å². The van der Waals surface area contributed by atoms with E-state index in [0.29, 0.717) is 23.0 Å². The topological polar surface area (TPSA) is 17.1 Å². The number of ketones is 1. The first kappa shape index (κ1) is 15.2. The maximum atomic E-state index is 12.6. The van der Waals surface area contributed by atoms with E-state index < -0.39 is 0 Å². The average Bonchev–Trinajstić information content (AvgIpc) is 2.68. The van der Waals surface area contributed by atoms with Gasteiger partial charge in [0.25, 0.3) is 0 Å². The molecular weight excluding hydrogens is 268 g/mol. The molecule has 0 aromatic carbocycles. The monoisotopic (exact) mass is 302 g/mol. The molecule has 1 nitrogen and oxygen atoms in total. The summed E-state index contributed by atoms with van der Waals surface area (Å²) in [5, 5.41) is 0. The highest BCUT2D eigenvalue weighted by molar-refractivity contribution is 5.87. The molecule has 0 aliphatic heterocycles. The molecule has 0 bridgehead atoms. The van der Waals surface area contributed by atoms with E-state index in [-0.39, 0.29) is 5.41 Å². The van der Waals surface area contributed by atoms with E-state index >= 15 is 0 Å². The van der Waals surface area contributed by atoms with Crippen LogP contribution in [0.3, 0.4) is 0 Å². The van der Waals surface area contributed by atoms with Gasteiger partial charge < -0.3 is 0 Å². The van der Waals surface area contributed by atoms with Crippen LogP contribution < -0.4 is 0 Å². The third-order valence-electron chi connectivity index (χ3n) is 8.75. The Morgan fingerprint density at radius 3 is 2.45 bits per heavy atom. The average molecular weight is 303 g/mol. The number of rotatable bonds is 0. The van der Waals surface area contributed by atoms with Crippen LogP contribution in [0.1, 0.15) is 79.1 Å². The van der Waals surface area contributed by atoms with Gasteiger partial charge in [0, 0.05) is 11.8 Å². The highest BCUT2D eigenvalue weighted by Gasteiger charge is 2.60. The summed E-state index contributed by atoms with van der Waals surface area (Å²) in [6.07, 6.45) is 10.6. The lowest BCUT2D eigenvalue weighted by Gasteiger charge is -2.59. The Labute approximate surface area is 136 Å². The second-order valence-electron chi connectivity index (χ2n) is 10.1. The molecule has 0 aromatic heterocycles. The standard InChI is InChI=1S/C21H34O/c1-13-5-6-17-15-8-10-21(4)18(22)11-14(2)19(21)16(15)7-9-20(17,3)12-13/h13-17,19H,5-12H2,1-4H3/t13-,14?,15?,16?,17?,19?,20?,21?/m0/s1. The molecule has 7 unspecified atom stereocenters. The number of Topliss-reactive ketones (excluding diaryl/α,β-unsaturated/α-hetero) is 1. The van der Waals surface area contributed by atoms with Crippen molar-refractivity contribution < 1.29 is 4.79 Å². The summed E-state index contributed by atoms with van der Waals surface area (Å²) in [4.78, 5) is 12.6. The van der Waals surface area contributed by atoms with Gasteiger partial charge in [0.2, 0.25) is 0 Å². The van der Waals surface area contributed by atoms with Gasteiger partial charge in [0.15, 0.2) is 0 Å². The number of fused-ring (bicyclic) bond motifs is 5. The van der Waals surface area contributed by atoms with Gasteiger partial charge in [-0.1, -0.05) is 34.1 Å². The third kappa shape index (κ3) is 1.93. The Balaban J connectivity index is 1.64. The minimum Gasteiger partial charge on any atom is -0.299 e. The van der Waals surface area contributed by atoms with Crippen molar-refractivity contribution in [1.29, 1.82) is 0 Å². The summed E-state index contributed by atoms with van der Waals surface area (Å²) in [6, 6.07) is 0. The minimum atomic E-state index is 0.0380. The smallest absolute Gasteiger partial charge is 0.139 e. The normalized spacial score (nSPS) is 57.9. The van der Waals surface area contributed by atoms with Crippen LogP contribution in [0.15, 0.2) is 0 Å². The van der Waals surface area contributed by atoms with Gasteiger partial charge in [-0.2, -0.15) is 0 Å². The predicted molar refractivity (Wildman–Crippen MR) is 90.4 cm³/mol. The first-order chi connectivity index (χ1) is 10.3. The molecule has 4 rings (SSSR count). The summed E-state index contributed by atoms with van der Waals surface area (Å²) in [5.74, 6) is 5.59. The van der Waals surface area contributed by atoms with E-state index in [0.717, 1.165) is 30.1 Å². The van der Waals surface area contributed by atoms with Crippen molar-refractivity contribution in [2.45, 2.75) is 79.1 Å². The summed E-state index contributed by atoms with van der Waals surface area (Å²) < 4.78 is 0. The maximum absolute atomic E-state index is 12.6. The second kappa shape index (κ2) is 4.84. The Bertz CT molecular complexity index is 482. The van der Waals surface area contributed by atoms with Crippen LogP contribution in [0.2, 0.25) is 0 Å². The predicted octanol–water partition coefficient (Wildman–Crippen LogP) is 5.48. The van der Waals surface area contributed by atoms with E-state index in [4.69, 9.17) is 0 Å². The summed E-state index contributed by atoms with van der Waals surface area (Å²) in [6.45, 7) is 9.74. The summed E-state index contributed by atoms with van der Waals surface area (Å²) in [5.41, 5.74) is 0.648. The van der Waals surface area contributed by atoms with Gasteiger partial charge in [-0.3, -0.25) is 4.79 Å². The molecule has 0 saturated heterocycles. The van der Waals surface area contributed by atoms with E-state index in [9.17, 15) is 4.79 Å². The first-order valence-corrected chi connectivity index (χ1v) is 9.88. The molecule has 8 atom stereocenters. The zero-order chi connectivity index (χ0) is 15.7. The van der Waals surface area contributed by atoms with Crippen molar-refractivity contribution in [3.05, 3.63) is 0 Å². The SMILES string of the molecule is CC1CC(=O)C2(C)CCC3C(CCC4(C)C[C@@H](C)CCC34)C12. The van der Waals surface area contributed by atoms with Crippen LogP contribution in [-0.4, -0.2) is 5.78 Å². The molecule has 0 amide bonds. The molecule has 4 aliphatic carbocycles. The molecule has 4 saturated carbocycles. The molecule has 124 valence electrons. The third-order valence-corrected chi connectivity index (χ3v) is 8.75. The van der Waals surface area contributed by atoms with E-state index in [1.54, 1.807) is 0 Å². The Hall–Kier alpha value is -0.330. The quantitative estimate of drug-likeness (QED) is 0.579. The van der Waals surface area contributed by atoms with E-state index in [1.165, 1.54) is 44.9 Å². The number of hydrogen-bond donors (Lipinski definition) is 0. The van der Waals surface area contributed by atoms with Crippen molar-refractivity contribution in [1.82, 2.24) is 0 Å². The van der Waals surface area contributed by atoms with Crippen molar-refractivity contribution in [2.24, 2.45) is 46.3 Å². The minimum absolute atomic E-state index is 0.0380. The van der Waals surface area contributed by atoms with Gasteiger partial charge in [-0.05, 0) is 79.4 Å². The lowest BCUT2D eigenvalue weighted by Crippen LogP contribution is -2.52. The first-order valence-electron chi connectivity index (χ1n) is 9.88. The fourth-order valence-electron chi connectivity index (χ4n) is 7.88. The van der Waals surface area contributed by atoms with Crippen LogP contribution >= 0.6 is 0 Å². The second-order valence-corrected chi connectivity index (χ2v) is 10.1. The molecule has 0 aromatic rings. The van der Waals surface area contributed by atoms with Crippen molar-refractivity contribution >= 4 is 5.78 Å². The zero-order valence-corrected chi connectivity index (χ0v) is 15.0. The Kier molecular flexibility index (Phi) is 3.34. The number of carbonyl (C=O) groups is 1. The molecule has 4 fully saturated rings. The van der Waals surface area contributed by atoms with Crippen molar-refractivity contribution in [3.8, 4) is 0 Å². The number of hydrogen-bond acceptors (Lipinski definition) is 1. The number of carbonyl (C=O) groups excluding carboxylic acids is 1. The maximum Gasteiger partial charge on any atom is 0.139 e. The highest BCUT2D eigenvalue weighted by atomic mass is 16.1. The molecule has 0 heterocycles. The Morgan fingerprint density at radius 2 is 1.68 bits per heavy atom. The lowest BCUT2D eigenvalue weighted by molar-refractivity contribution is -0.137. The van der Waals surface area contributed by atoms with E-state index in [1.807, 2.05) is 0 Å². The lowest BCUT2D eigenvalue weighted by atomic mass is 9.45. The van der Waals surface area contributed by atoms with Crippen molar-refractivity contribution in [3.63, 3.8) is 0 Å². The van der Waals surface area contributed by atoms with Gasteiger partial charge in [-0.25, -0.2) is 0 Å². The van der Waals surface area contributed by atoms with Gasteiger partial charge >= 0.3 is 0 Å². The molecule has 1 heteroatoms.